The van der Waals surface area contributed by atoms with Crippen LogP contribution in [0.1, 0.15) is 44.9 Å². The third kappa shape index (κ3) is 2.51. The largest absolute Gasteiger partial charge is 0.337 e. The van der Waals surface area contributed by atoms with Crippen LogP contribution in [0.5, 0.6) is 0 Å². The Morgan fingerprint density at radius 3 is 2.57 bits per heavy atom. The molecule has 3 rings (SSSR count). The lowest BCUT2D eigenvalue weighted by Crippen LogP contribution is -2.50. The minimum absolute atomic E-state index is 0.0386. The fraction of sp³-hybridized carbons (Fsp3) is 0.812. The average Bonchev–Trinajstić information content (AvgIpc) is 3.11. The lowest BCUT2D eigenvalue weighted by atomic mass is 9.81. The normalized spacial score (nSPS) is 27.4. The quantitative estimate of drug-likeness (QED) is 0.768. The summed E-state index contributed by atoms with van der Waals surface area (Å²) in [6, 6.07) is -0.301. The molecule has 0 aromatic carbocycles. The summed E-state index contributed by atoms with van der Waals surface area (Å²) in [6.07, 6.45) is 6.23. The van der Waals surface area contributed by atoms with Crippen LogP contribution >= 0.6 is 0 Å². The molecule has 2 saturated heterocycles. The number of hydrogen-bond donors (Lipinski definition) is 1. The molecule has 2 heterocycles. The van der Waals surface area contributed by atoms with Crippen LogP contribution < -0.4 is 5.73 Å². The summed E-state index contributed by atoms with van der Waals surface area (Å²) >= 11 is 0. The molecule has 128 valence electrons. The van der Waals surface area contributed by atoms with E-state index in [0.29, 0.717) is 25.9 Å². The lowest BCUT2D eigenvalue weighted by molar-refractivity contribution is -0.140. The van der Waals surface area contributed by atoms with Gasteiger partial charge in [-0.3, -0.25) is 14.5 Å². The number of urea groups is 1. The van der Waals surface area contributed by atoms with Crippen LogP contribution in [0, 0.1) is 0 Å². The van der Waals surface area contributed by atoms with Crippen LogP contribution in [-0.2, 0) is 9.59 Å². The van der Waals surface area contributed by atoms with Gasteiger partial charge in [-0.1, -0.05) is 19.3 Å². The van der Waals surface area contributed by atoms with E-state index >= 15 is 0 Å². The summed E-state index contributed by atoms with van der Waals surface area (Å²) in [6.45, 7) is 0.940. The van der Waals surface area contributed by atoms with Crippen molar-refractivity contribution in [1.82, 2.24) is 14.7 Å². The summed E-state index contributed by atoms with van der Waals surface area (Å²) < 4.78 is 0. The molecule has 2 N–H and O–H groups in total. The van der Waals surface area contributed by atoms with Gasteiger partial charge in [0.05, 0.1) is 0 Å². The van der Waals surface area contributed by atoms with Crippen molar-refractivity contribution in [2.75, 3.05) is 26.7 Å². The molecule has 0 aromatic rings. The molecule has 3 aliphatic rings. The summed E-state index contributed by atoms with van der Waals surface area (Å²) in [5.74, 6) is -0.359. The van der Waals surface area contributed by atoms with Crippen LogP contribution in [0.15, 0.2) is 0 Å². The van der Waals surface area contributed by atoms with Gasteiger partial charge in [-0.15, -0.1) is 0 Å². The van der Waals surface area contributed by atoms with E-state index in [9.17, 15) is 14.4 Å². The molecule has 2 aliphatic heterocycles. The number of imide groups is 1. The first kappa shape index (κ1) is 16.2. The van der Waals surface area contributed by atoms with Crippen molar-refractivity contribution in [3.63, 3.8) is 0 Å². The van der Waals surface area contributed by atoms with Gasteiger partial charge in [-0.2, -0.15) is 0 Å². The Hall–Kier alpha value is -1.63. The van der Waals surface area contributed by atoms with Crippen molar-refractivity contribution in [1.29, 1.82) is 0 Å². The molecule has 23 heavy (non-hydrogen) atoms. The number of amides is 4. The van der Waals surface area contributed by atoms with E-state index in [1.807, 2.05) is 0 Å². The highest BCUT2D eigenvalue weighted by Crippen LogP contribution is 2.39. The van der Waals surface area contributed by atoms with Gasteiger partial charge in [0.15, 0.2) is 0 Å². The van der Waals surface area contributed by atoms with Crippen LogP contribution in [0.3, 0.4) is 0 Å². The van der Waals surface area contributed by atoms with Crippen molar-refractivity contribution in [2.45, 2.75) is 56.5 Å². The Balaban J connectivity index is 1.74. The molecule has 1 unspecified atom stereocenters. The Morgan fingerprint density at radius 2 is 1.91 bits per heavy atom. The summed E-state index contributed by atoms with van der Waals surface area (Å²) in [4.78, 5) is 42.4. The second-order valence-electron chi connectivity index (χ2n) is 6.94. The van der Waals surface area contributed by atoms with Crippen LogP contribution in [0.4, 0.5) is 4.79 Å². The molecule has 7 nitrogen and oxygen atoms in total. The number of carbonyl (C=O) groups is 3. The highest BCUT2D eigenvalue weighted by Gasteiger charge is 2.56. The van der Waals surface area contributed by atoms with E-state index in [-0.39, 0.29) is 30.4 Å². The predicted molar refractivity (Wildman–Crippen MR) is 84.5 cm³/mol. The topological polar surface area (TPSA) is 87.0 Å². The van der Waals surface area contributed by atoms with Crippen molar-refractivity contribution >= 4 is 17.8 Å². The monoisotopic (exact) mass is 322 g/mol. The van der Waals surface area contributed by atoms with E-state index in [2.05, 4.69) is 0 Å². The molecule has 3 fully saturated rings. The number of carbonyl (C=O) groups excluding carboxylic acids is 3. The third-order valence-electron chi connectivity index (χ3n) is 5.75. The lowest BCUT2D eigenvalue weighted by Gasteiger charge is -2.35. The molecule has 0 aromatic heterocycles. The molecular weight excluding hydrogens is 296 g/mol. The fourth-order valence-electron chi connectivity index (χ4n) is 4.31. The number of nitrogens with two attached hydrogens (primary N) is 1. The zero-order valence-electron chi connectivity index (χ0n) is 13.8. The van der Waals surface area contributed by atoms with Gasteiger partial charge < -0.3 is 15.5 Å². The van der Waals surface area contributed by atoms with E-state index in [1.54, 1.807) is 16.8 Å². The standard InChI is InChI=1S/C16H26N4O3/c1-18-15(23)20(14(22)16(18)7-3-2-4-8-16)11-13(21)19-9-5-6-12(19)10-17/h12H,2-11,17H2,1H3. The average molecular weight is 322 g/mol. The Kier molecular flexibility index (Phi) is 4.31. The maximum atomic E-state index is 12.9. The van der Waals surface area contributed by atoms with Crippen LogP contribution in [0.25, 0.3) is 0 Å². The summed E-state index contributed by atoms with van der Waals surface area (Å²) in [5, 5.41) is 0. The first-order valence-corrected chi connectivity index (χ1v) is 8.60. The number of likely N-dealkylation sites (tertiary alicyclic amines) is 1. The molecule has 1 aliphatic carbocycles. The van der Waals surface area contributed by atoms with E-state index in [1.165, 1.54) is 0 Å². The molecule has 0 radical (unpaired) electrons. The van der Waals surface area contributed by atoms with Gasteiger partial charge in [0.2, 0.25) is 5.91 Å². The van der Waals surface area contributed by atoms with Gasteiger partial charge in [0, 0.05) is 26.2 Å². The van der Waals surface area contributed by atoms with E-state index < -0.39 is 5.54 Å². The number of likely N-dealkylation sites (N-methyl/N-ethyl adjacent to an activating group) is 1. The minimum Gasteiger partial charge on any atom is -0.337 e. The van der Waals surface area contributed by atoms with Gasteiger partial charge in [-0.25, -0.2) is 4.79 Å². The van der Waals surface area contributed by atoms with Gasteiger partial charge in [0.25, 0.3) is 5.91 Å². The first-order chi connectivity index (χ1) is 11.0. The Bertz CT molecular complexity index is 515. The Labute approximate surface area is 136 Å². The maximum absolute atomic E-state index is 12.9. The molecule has 7 heteroatoms. The zero-order chi connectivity index (χ0) is 16.6. The summed E-state index contributed by atoms with van der Waals surface area (Å²) in [5.41, 5.74) is 4.99. The van der Waals surface area contributed by atoms with Crippen molar-refractivity contribution < 1.29 is 14.4 Å². The number of rotatable bonds is 3. The predicted octanol–water partition coefficient (Wildman–Crippen LogP) is 0.533. The van der Waals surface area contributed by atoms with Crippen molar-refractivity contribution in [2.24, 2.45) is 5.73 Å². The molecule has 1 atom stereocenters. The second kappa shape index (κ2) is 6.11. The Morgan fingerprint density at radius 1 is 1.22 bits per heavy atom. The molecular formula is C16H26N4O3. The molecule has 1 spiro atoms. The van der Waals surface area contributed by atoms with Crippen molar-refractivity contribution in [3.8, 4) is 0 Å². The molecule has 4 amide bonds. The van der Waals surface area contributed by atoms with E-state index in [4.69, 9.17) is 5.73 Å². The number of nitrogens with zero attached hydrogens (tertiary/aromatic N) is 3. The highest BCUT2D eigenvalue weighted by molar-refractivity contribution is 6.09. The molecule has 0 bridgehead atoms. The van der Waals surface area contributed by atoms with Crippen LogP contribution in [-0.4, -0.2) is 70.8 Å². The van der Waals surface area contributed by atoms with Crippen LogP contribution in [0.2, 0.25) is 0 Å². The minimum atomic E-state index is -0.714. The van der Waals surface area contributed by atoms with Crippen molar-refractivity contribution in [3.05, 3.63) is 0 Å². The first-order valence-electron chi connectivity index (χ1n) is 8.60. The second-order valence-corrected chi connectivity index (χ2v) is 6.94. The maximum Gasteiger partial charge on any atom is 0.327 e. The zero-order valence-corrected chi connectivity index (χ0v) is 13.8. The number of hydrogen-bond acceptors (Lipinski definition) is 4. The van der Waals surface area contributed by atoms with E-state index in [0.717, 1.165) is 37.0 Å². The highest BCUT2D eigenvalue weighted by atomic mass is 16.2. The smallest absolute Gasteiger partial charge is 0.327 e. The van der Waals surface area contributed by atoms with Gasteiger partial charge in [0.1, 0.15) is 12.1 Å². The SMILES string of the molecule is CN1C(=O)N(CC(=O)N2CCCC2CN)C(=O)C12CCCCC2. The summed E-state index contributed by atoms with van der Waals surface area (Å²) in [7, 11) is 1.69. The molecule has 1 saturated carbocycles. The van der Waals surface area contributed by atoms with Gasteiger partial charge in [-0.05, 0) is 25.7 Å². The fourth-order valence-corrected chi connectivity index (χ4v) is 4.31. The third-order valence-corrected chi connectivity index (χ3v) is 5.75. The van der Waals surface area contributed by atoms with Gasteiger partial charge >= 0.3 is 6.03 Å².